The fraction of sp³-hybridized carbons (Fsp3) is 0.550. The van der Waals surface area contributed by atoms with Crippen molar-refractivity contribution in [3.05, 3.63) is 71.8 Å². The summed E-state index contributed by atoms with van der Waals surface area (Å²) in [5.41, 5.74) is 1.52. The molecule has 298 valence electrons. The molecule has 0 aliphatic carbocycles. The molecule has 0 aliphatic rings. The third kappa shape index (κ3) is 16.0. The number of carboxylic acids is 1. The van der Waals surface area contributed by atoms with E-state index in [0.29, 0.717) is 0 Å². The Balaban J connectivity index is 2.17. The molecule has 0 aliphatic heterocycles. The van der Waals surface area contributed by atoms with Gasteiger partial charge in [0.25, 0.3) is 0 Å². The Labute approximate surface area is 318 Å². The average Bonchev–Trinajstić information content (AvgIpc) is 3.08. The number of carbonyl (C=O) groups is 6. The third-order valence-corrected chi connectivity index (χ3v) is 8.84. The molecule has 0 unspecified atom stereocenters. The molecular formula is C40H59N5O9. The third-order valence-electron chi connectivity index (χ3n) is 8.84. The molecule has 0 fully saturated rings. The first kappa shape index (κ1) is 45.3. The van der Waals surface area contributed by atoms with Crippen molar-refractivity contribution in [2.45, 2.75) is 123 Å². The first-order valence-corrected chi connectivity index (χ1v) is 18.5. The van der Waals surface area contributed by atoms with Gasteiger partial charge in [-0.25, -0.2) is 0 Å². The Kier molecular flexibility index (Phi) is 18.8. The van der Waals surface area contributed by atoms with Crippen LogP contribution in [0.2, 0.25) is 0 Å². The lowest BCUT2D eigenvalue weighted by molar-refractivity contribution is -0.140. The van der Waals surface area contributed by atoms with Crippen LogP contribution < -0.4 is 26.6 Å². The van der Waals surface area contributed by atoms with E-state index in [1.54, 1.807) is 82.3 Å². The number of benzene rings is 2. The highest BCUT2D eigenvalue weighted by Gasteiger charge is 2.34. The second kappa shape index (κ2) is 22.4. The summed E-state index contributed by atoms with van der Waals surface area (Å²) in [5.74, 6) is -4.56. The molecule has 2 aromatic rings. The van der Waals surface area contributed by atoms with Crippen LogP contribution in [0.5, 0.6) is 0 Å². The molecule has 0 heterocycles. The molecular weight excluding hydrogens is 694 g/mol. The lowest BCUT2D eigenvalue weighted by atomic mass is 9.96. The van der Waals surface area contributed by atoms with Gasteiger partial charge < -0.3 is 41.9 Å². The number of carbonyl (C=O) groups excluding carboxylic acids is 5. The number of amides is 5. The molecule has 2 rings (SSSR count). The maximum Gasteiger partial charge on any atom is 0.306 e. The number of nitrogens with one attached hydrogen (secondary N) is 5. The number of aliphatic hydroxyl groups is 2. The van der Waals surface area contributed by atoms with Crippen molar-refractivity contribution in [1.82, 2.24) is 26.6 Å². The maximum atomic E-state index is 13.8. The van der Waals surface area contributed by atoms with E-state index in [-0.39, 0.29) is 42.9 Å². The van der Waals surface area contributed by atoms with E-state index in [0.717, 1.165) is 11.1 Å². The summed E-state index contributed by atoms with van der Waals surface area (Å²) in [4.78, 5) is 77.3. The zero-order valence-corrected chi connectivity index (χ0v) is 32.4. The van der Waals surface area contributed by atoms with E-state index in [4.69, 9.17) is 0 Å². The molecule has 54 heavy (non-hydrogen) atoms. The van der Waals surface area contributed by atoms with Gasteiger partial charge in [-0.1, -0.05) is 102 Å². The summed E-state index contributed by atoms with van der Waals surface area (Å²) in [6.07, 6.45) is -3.41. The highest BCUT2D eigenvalue weighted by Crippen LogP contribution is 2.14. The van der Waals surface area contributed by atoms with Crippen LogP contribution in [0.15, 0.2) is 60.7 Å². The average molecular weight is 754 g/mol. The predicted octanol–water partition coefficient (Wildman–Crippen LogP) is 1.86. The molecule has 0 aromatic heterocycles. The van der Waals surface area contributed by atoms with Crippen LogP contribution in [-0.2, 0) is 41.6 Å². The fourth-order valence-corrected chi connectivity index (χ4v) is 5.82. The molecule has 14 nitrogen and oxygen atoms in total. The van der Waals surface area contributed by atoms with Crippen LogP contribution in [-0.4, -0.2) is 93.2 Å². The Bertz CT molecular complexity index is 1520. The van der Waals surface area contributed by atoms with Gasteiger partial charge in [0.15, 0.2) is 0 Å². The Morgan fingerprint density at radius 1 is 0.519 bits per heavy atom. The first-order chi connectivity index (χ1) is 25.4. The van der Waals surface area contributed by atoms with E-state index in [2.05, 4.69) is 26.6 Å². The Morgan fingerprint density at radius 2 is 0.926 bits per heavy atom. The van der Waals surface area contributed by atoms with Gasteiger partial charge in [-0.2, -0.15) is 0 Å². The molecule has 0 bridgehead atoms. The maximum absolute atomic E-state index is 13.8. The molecule has 0 spiro atoms. The lowest BCUT2D eigenvalue weighted by Crippen LogP contribution is -2.59. The number of rotatable bonds is 22. The van der Waals surface area contributed by atoms with Crippen molar-refractivity contribution in [3.63, 3.8) is 0 Å². The molecule has 5 amide bonds. The standard InChI is InChI=1S/C40H59N5O9/c1-23(2)18-33(48)44-36(24(3)4)40(54)45-37(25(5)6)39(53)43-29(19-27-14-10-8-11-15-27)31(46)21-34(49)41-26(7)38(52)42-30(32(47)22-35(50)51)20-28-16-12-9-13-17-28/h8-17,23-26,29-32,36-37,46-47H,18-22H2,1-7H3,(H,41,49)(H,42,52)(H,43,53)(H,44,48)(H,45,54)(H,50,51)/t26-,29+,30+,31+,32+,36-,37-/m0/s1. The van der Waals surface area contributed by atoms with Crippen LogP contribution in [0.3, 0.4) is 0 Å². The van der Waals surface area contributed by atoms with Crippen LogP contribution >= 0.6 is 0 Å². The SMILES string of the molecule is CC(C)CC(=O)N[C@H](C(=O)N[C@H](C(=O)N[C@H](Cc1ccccc1)[C@H](O)CC(=O)N[C@@H](C)C(=O)N[C@H](Cc1ccccc1)[C@H](O)CC(=O)O)C(C)C)C(C)C. The van der Waals surface area contributed by atoms with Gasteiger partial charge in [0, 0.05) is 6.42 Å². The van der Waals surface area contributed by atoms with E-state index in [1.165, 1.54) is 6.92 Å². The number of carboxylic acid groups (broad SMARTS) is 1. The van der Waals surface area contributed by atoms with Crippen molar-refractivity contribution >= 4 is 35.5 Å². The van der Waals surface area contributed by atoms with Crippen LogP contribution in [0, 0.1) is 17.8 Å². The van der Waals surface area contributed by atoms with Gasteiger partial charge >= 0.3 is 5.97 Å². The smallest absolute Gasteiger partial charge is 0.306 e. The molecule has 7 atom stereocenters. The number of aliphatic hydroxyl groups excluding tert-OH is 2. The van der Waals surface area contributed by atoms with Gasteiger partial charge in [0.05, 0.1) is 37.1 Å². The summed E-state index contributed by atoms with van der Waals surface area (Å²) in [6, 6.07) is 12.9. The minimum atomic E-state index is -1.42. The van der Waals surface area contributed by atoms with Crippen molar-refractivity contribution in [2.75, 3.05) is 0 Å². The fourth-order valence-electron chi connectivity index (χ4n) is 5.82. The highest BCUT2D eigenvalue weighted by atomic mass is 16.4. The number of hydrogen-bond acceptors (Lipinski definition) is 8. The highest BCUT2D eigenvalue weighted by molar-refractivity contribution is 5.92. The largest absolute Gasteiger partial charge is 0.481 e. The minimum absolute atomic E-state index is 0.0900. The monoisotopic (exact) mass is 753 g/mol. The predicted molar refractivity (Wildman–Crippen MR) is 204 cm³/mol. The van der Waals surface area contributed by atoms with Gasteiger partial charge in [0.2, 0.25) is 29.5 Å². The van der Waals surface area contributed by atoms with Crippen molar-refractivity contribution in [1.29, 1.82) is 0 Å². The van der Waals surface area contributed by atoms with E-state index in [1.807, 2.05) is 19.9 Å². The quantitative estimate of drug-likeness (QED) is 0.0878. The number of hydrogen-bond donors (Lipinski definition) is 8. The van der Waals surface area contributed by atoms with Crippen LogP contribution in [0.4, 0.5) is 0 Å². The Hall–Kier alpha value is -4.82. The van der Waals surface area contributed by atoms with E-state index in [9.17, 15) is 44.1 Å². The van der Waals surface area contributed by atoms with Gasteiger partial charge in [0.1, 0.15) is 18.1 Å². The van der Waals surface area contributed by atoms with Gasteiger partial charge in [-0.15, -0.1) is 0 Å². The van der Waals surface area contributed by atoms with Crippen LogP contribution in [0.25, 0.3) is 0 Å². The minimum Gasteiger partial charge on any atom is -0.481 e. The zero-order chi connectivity index (χ0) is 40.5. The van der Waals surface area contributed by atoms with E-state index >= 15 is 0 Å². The van der Waals surface area contributed by atoms with Crippen molar-refractivity contribution in [3.8, 4) is 0 Å². The van der Waals surface area contributed by atoms with Gasteiger partial charge in [-0.3, -0.25) is 28.8 Å². The van der Waals surface area contributed by atoms with Crippen molar-refractivity contribution < 1.29 is 44.1 Å². The molecule has 0 radical (unpaired) electrons. The first-order valence-electron chi connectivity index (χ1n) is 18.5. The Morgan fingerprint density at radius 3 is 1.37 bits per heavy atom. The van der Waals surface area contributed by atoms with Crippen molar-refractivity contribution in [2.24, 2.45) is 17.8 Å². The summed E-state index contributed by atoms with van der Waals surface area (Å²) in [5, 5.41) is 44.7. The van der Waals surface area contributed by atoms with E-state index < -0.39 is 84.9 Å². The summed E-state index contributed by atoms with van der Waals surface area (Å²) >= 11 is 0. The summed E-state index contributed by atoms with van der Waals surface area (Å²) in [6.45, 7) is 12.3. The molecule has 0 saturated heterocycles. The van der Waals surface area contributed by atoms with Gasteiger partial charge in [-0.05, 0) is 48.6 Å². The molecule has 8 N–H and O–H groups in total. The summed E-state index contributed by atoms with van der Waals surface area (Å²) in [7, 11) is 0. The lowest BCUT2D eigenvalue weighted by Gasteiger charge is -2.30. The second-order valence-electron chi connectivity index (χ2n) is 15.0. The molecule has 0 saturated carbocycles. The normalized spacial score (nSPS) is 15.3. The second-order valence-corrected chi connectivity index (χ2v) is 15.0. The molecule has 14 heteroatoms. The van der Waals surface area contributed by atoms with Crippen LogP contribution in [0.1, 0.15) is 78.9 Å². The summed E-state index contributed by atoms with van der Waals surface area (Å²) < 4.78 is 0. The zero-order valence-electron chi connectivity index (χ0n) is 32.4. The number of aliphatic carboxylic acids is 1. The topological polar surface area (TPSA) is 223 Å². The molecule has 2 aromatic carbocycles.